The largest absolute Gasteiger partial charge is 2.00 e. The van der Waals surface area contributed by atoms with E-state index < -0.39 is 0 Å². The minimum atomic E-state index is -0.0118. The zero-order valence-electron chi connectivity index (χ0n) is 24.7. The molecule has 0 unspecified atom stereocenters. The average molecular weight is 715 g/mol. The Bertz CT molecular complexity index is 1660. The maximum atomic E-state index is 6.43. The second-order valence-corrected chi connectivity index (χ2v) is 11.9. The van der Waals surface area contributed by atoms with E-state index in [0.29, 0.717) is 11.5 Å². The molecule has 0 aliphatic carbocycles. The predicted molar refractivity (Wildman–Crippen MR) is 156 cm³/mol. The fraction of sp³-hybridized carbons (Fsp3) is 0.364. The monoisotopic (exact) mass is 714 g/mol. The molecule has 0 spiro atoms. The summed E-state index contributed by atoms with van der Waals surface area (Å²) in [6.45, 7) is 19.4. The van der Waals surface area contributed by atoms with Crippen LogP contribution in [0.3, 0.4) is 0 Å². The van der Waals surface area contributed by atoms with Crippen molar-refractivity contribution in [1.29, 1.82) is 0 Å². The smallest absolute Gasteiger partial charge is 0.501 e. The Hall–Kier alpha value is -3.24. The zero-order valence-corrected chi connectivity index (χ0v) is 27.0. The van der Waals surface area contributed by atoms with E-state index in [4.69, 9.17) is 14.7 Å². The molecule has 1 aromatic carbocycles. The summed E-state index contributed by atoms with van der Waals surface area (Å²) in [4.78, 5) is 9.89. The molecule has 0 atom stereocenters. The molecular weight excluding hydrogens is 677 g/mol. The van der Waals surface area contributed by atoms with Crippen LogP contribution in [0.25, 0.3) is 22.6 Å². The van der Waals surface area contributed by atoms with Crippen LogP contribution in [0.1, 0.15) is 88.6 Å². The quantitative estimate of drug-likeness (QED) is 0.167. The van der Waals surface area contributed by atoms with Crippen LogP contribution >= 0.6 is 0 Å². The van der Waals surface area contributed by atoms with Crippen LogP contribution in [0.15, 0.2) is 48.8 Å². The first kappa shape index (κ1) is 29.7. The van der Waals surface area contributed by atoms with Gasteiger partial charge in [0.25, 0.3) is 0 Å². The van der Waals surface area contributed by atoms with Crippen molar-refractivity contribution in [3.63, 3.8) is 0 Å². The van der Waals surface area contributed by atoms with E-state index in [-0.39, 0.29) is 38.3 Å². The maximum Gasteiger partial charge on any atom is 2.00 e. The first-order valence-corrected chi connectivity index (χ1v) is 13.6. The van der Waals surface area contributed by atoms with Crippen molar-refractivity contribution in [3.05, 3.63) is 89.3 Å². The minimum Gasteiger partial charge on any atom is -0.501 e. The molecule has 0 bridgehead atoms. The third-order valence-electron chi connectivity index (χ3n) is 6.88. The summed E-state index contributed by atoms with van der Waals surface area (Å²) in [5.41, 5.74) is 8.77. The number of imidazole rings is 1. The van der Waals surface area contributed by atoms with E-state index in [2.05, 4.69) is 82.2 Å². The van der Waals surface area contributed by atoms with Crippen molar-refractivity contribution in [2.45, 2.75) is 79.6 Å². The number of aromatic nitrogens is 5. The Morgan fingerprint density at radius 2 is 1.68 bits per heavy atom. The van der Waals surface area contributed by atoms with Crippen molar-refractivity contribution >= 4 is 5.65 Å². The van der Waals surface area contributed by atoms with Gasteiger partial charge in [-0.3, -0.25) is 9.67 Å². The molecule has 0 aliphatic heterocycles. The number of fused-ring (bicyclic) bond motifs is 1. The van der Waals surface area contributed by atoms with Crippen LogP contribution in [0.2, 0.25) is 0 Å². The Balaban J connectivity index is 0.00000370. The van der Waals surface area contributed by atoms with Crippen LogP contribution < -0.4 is 4.74 Å². The van der Waals surface area contributed by atoms with E-state index in [1.165, 1.54) is 11.3 Å². The van der Waals surface area contributed by atoms with Crippen LogP contribution in [-0.2, 0) is 26.5 Å². The van der Waals surface area contributed by atoms with Gasteiger partial charge in [-0.25, -0.2) is 0 Å². The van der Waals surface area contributed by atoms with E-state index >= 15 is 0 Å². The van der Waals surface area contributed by atoms with Gasteiger partial charge in [-0.1, -0.05) is 66.2 Å². The molecule has 0 fully saturated rings. The molecule has 0 saturated heterocycles. The van der Waals surface area contributed by atoms with E-state index in [1.54, 1.807) is 0 Å². The SMILES string of the molecule is Cc1cc(C)n(-c2[c-]c(Oc3[c-]c(-c4cc(C(C)(C)C)ccn4)c4nc(C(C)C)c(C(C)C)n4c3)ccc2)n1.[Pt+2]. The topological polar surface area (TPSA) is 57.2 Å². The first-order valence-electron chi connectivity index (χ1n) is 13.6. The van der Waals surface area contributed by atoms with Gasteiger partial charge in [0.15, 0.2) is 0 Å². The molecule has 6 nitrogen and oxygen atoms in total. The summed E-state index contributed by atoms with van der Waals surface area (Å²) in [5.74, 6) is 1.72. The van der Waals surface area contributed by atoms with Gasteiger partial charge in [0.05, 0.1) is 22.8 Å². The van der Waals surface area contributed by atoms with Crippen LogP contribution in [0, 0.1) is 26.0 Å². The standard InChI is InChI=1S/C33H37N5O.Pt/c1-20(2)30-31(21(3)4)37-19-27(39-26-12-10-11-25(17-26)38-23(6)15-22(5)36-38)18-28(32(37)35-30)29-16-24(13-14-34-29)33(7,8)9;/h10-16,19-21H,1-9H3;/q-2;+2. The molecule has 0 aliphatic rings. The van der Waals surface area contributed by atoms with E-state index in [9.17, 15) is 0 Å². The third kappa shape index (κ3) is 5.78. The van der Waals surface area contributed by atoms with Crippen LogP contribution in [-0.4, -0.2) is 24.1 Å². The molecule has 4 heterocycles. The van der Waals surface area contributed by atoms with Gasteiger partial charge < -0.3 is 14.1 Å². The summed E-state index contributed by atoms with van der Waals surface area (Å²) in [6, 6.07) is 19.0. The molecule has 0 amide bonds. The number of aryl methyl sites for hydroxylation is 2. The van der Waals surface area contributed by atoms with Crippen LogP contribution in [0.4, 0.5) is 0 Å². The first-order chi connectivity index (χ1) is 18.4. The number of hydrogen-bond acceptors (Lipinski definition) is 4. The van der Waals surface area contributed by atoms with Crippen molar-refractivity contribution in [3.8, 4) is 28.4 Å². The van der Waals surface area contributed by atoms with Crippen LogP contribution in [0.5, 0.6) is 11.5 Å². The van der Waals surface area contributed by atoms with Gasteiger partial charge in [-0.2, -0.15) is 11.2 Å². The summed E-state index contributed by atoms with van der Waals surface area (Å²) in [7, 11) is 0. The molecular formula is C33H37N5OPt. The Kier molecular flexibility index (Phi) is 8.42. The van der Waals surface area contributed by atoms with Crippen molar-refractivity contribution < 1.29 is 25.8 Å². The van der Waals surface area contributed by atoms with Crippen molar-refractivity contribution in [2.24, 2.45) is 0 Å². The van der Waals surface area contributed by atoms with E-state index in [1.807, 2.05) is 55.2 Å². The summed E-state index contributed by atoms with van der Waals surface area (Å²) < 4.78 is 10.5. The van der Waals surface area contributed by atoms with E-state index in [0.717, 1.165) is 39.7 Å². The number of benzene rings is 1. The number of ether oxygens (including phenoxy) is 1. The summed E-state index contributed by atoms with van der Waals surface area (Å²) >= 11 is 0. The fourth-order valence-electron chi connectivity index (χ4n) is 4.97. The molecule has 4 aromatic heterocycles. The second kappa shape index (κ2) is 11.3. The normalized spacial score (nSPS) is 11.9. The van der Waals surface area contributed by atoms with Gasteiger partial charge in [0.2, 0.25) is 0 Å². The molecule has 40 heavy (non-hydrogen) atoms. The van der Waals surface area contributed by atoms with Gasteiger partial charge in [-0.05, 0) is 66.4 Å². The number of nitrogens with zero attached hydrogens (tertiary/aromatic N) is 5. The summed E-state index contributed by atoms with van der Waals surface area (Å²) in [6.07, 6.45) is 3.86. The minimum absolute atomic E-state index is 0. The number of pyridine rings is 2. The zero-order chi connectivity index (χ0) is 28.1. The fourth-order valence-corrected chi connectivity index (χ4v) is 4.97. The van der Waals surface area contributed by atoms with Gasteiger partial charge in [0.1, 0.15) is 0 Å². The van der Waals surface area contributed by atoms with Gasteiger partial charge in [0, 0.05) is 23.3 Å². The van der Waals surface area contributed by atoms with Gasteiger partial charge >= 0.3 is 21.1 Å². The van der Waals surface area contributed by atoms with Gasteiger partial charge in [-0.15, -0.1) is 18.2 Å². The Morgan fingerprint density at radius 1 is 0.925 bits per heavy atom. The predicted octanol–water partition coefficient (Wildman–Crippen LogP) is 8.13. The Labute approximate surface area is 252 Å². The van der Waals surface area contributed by atoms with Crippen molar-refractivity contribution in [2.75, 3.05) is 0 Å². The molecule has 210 valence electrons. The molecule has 5 aromatic rings. The average Bonchev–Trinajstić information content (AvgIpc) is 3.43. The summed E-state index contributed by atoms with van der Waals surface area (Å²) in [5, 5.41) is 4.60. The molecule has 0 N–H and O–H groups in total. The number of hydrogen-bond donors (Lipinski definition) is 0. The maximum absolute atomic E-state index is 6.43. The molecule has 0 radical (unpaired) electrons. The number of rotatable bonds is 6. The second-order valence-electron chi connectivity index (χ2n) is 11.9. The van der Waals surface area contributed by atoms with Crippen molar-refractivity contribution in [1.82, 2.24) is 24.1 Å². The Morgan fingerprint density at radius 3 is 2.30 bits per heavy atom. The molecule has 5 rings (SSSR count). The molecule has 7 heteroatoms. The molecule has 0 saturated carbocycles. The third-order valence-corrected chi connectivity index (χ3v) is 6.88.